The fourth-order valence-electron chi connectivity index (χ4n) is 1.05. The van der Waals surface area contributed by atoms with Crippen LogP contribution in [0, 0.1) is 6.92 Å². The second-order valence-corrected chi connectivity index (χ2v) is 2.89. The van der Waals surface area contributed by atoms with Gasteiger partial charge in [-0.25, -0.2) is 4.98 Å². The number of aryl methyl sites for hydroxylation is 1. The predicted octanol–water partition coefficient (Wildman–Crippen LogP) is 1.27. The molecule has 1 aromatic rings. The van der Waals surface area contributed by atoms with Gasteiger partial charge in [-0.1, -0.05) is 6.07 Å². The zero-order valence-corrected chi connectivity index (χ0v) is 7.53. The van der Waals surface area contributed by atoms with Gasteiger partial charge < -0.3 is 4.90 Å². The molecule has 1 aromatic heterocycles. The van der Waals surface area contributed by atoms with E-state index < -0.39 is 0 Å². The quantitative estimate of drug-likeness (QED) is 0.617. The van der Waals surface area contributed by atoms with Gasteiger partial charge in [0.15, 0.2) is 6.29 Å². The summed E-state index contributed by atoms with van der Waals surface area (Å²) < 4.78 is 0. The van der Waals surface area contributed by atoms with Gasteiger partial charge in [0.05, 0.1) is 0 Å². The van der Waals surface area contributed by atoms with Gasteiger partial charge in [-0.05, 0) is 18.6 Å². The molecular weight excluding hydrogens is 152 g/mol. The summed E-state index contributed by atoms with van der Waals surface area (Å²) in [6, 6.07) is 3.61. The van der Waals surface area contributed by atoms with E-state index in [0.717, 1.165) is 17.7 Å². The first kappa shape index (κ1) is 8.71. The van der Waals surface area contributed by atoms with Crippen LogP contribution in [0.5, 0.6) is 0 Å². The smallest absolute Gasteiger partial charge is 0.168 e. The number of carbonyl (C=O) groups excluding carboxylic acids is 1. The fourth-order valence-corrected chi connectivity index (χ4v) is 1.05. The normalized spacial score (nSPS) is 9.58. The topological polar surface area (TPSA) is 33.2 Å². The Morgan fingerprint density at radius 3 is 2.58 bits per heavy atom. The molecule has 0 atom stereocenters. The molecule has 3 nitrogen and oxygen atoms in total. The monoisotopic (exact) mass is 164 g/mol. The Morgan fingerprint density at radius 2 is 2.08 bits per heavy atom. The standard InChI is InChI=1S/C9H12N2O/c1-7-4-5-8(6-12)10-9(7)11(2)3/h4-6H,1-3H3. The molecule has 3 heteroatoms. The maximum atomic E-state index is 10.4. The predicted molar refractivity (Wildman–Crippen MR) is 48.7 cm³/mol. The number of hydrogen-bond donors (Lipinski definition) is 0. The van der Waals surface area contributed by atoms with Gasteiger partial charge in [0, 0.05) is 14.1 Å². The van der Waals surface area contributed by atoms with E-state index in [-0.39, 0.29) is 0 Å². The first-order valence-electron chi connectivity index (χ1n) is 3.75. The number of aromatic nitrogens is 1. The van der Waals surface area contributed by atoms with Crippen LogP contribution in [0.4, 0.5) is 5.82 Å². The lowest BCUT2D eigenvalue weighted by Crippen LogP contribution is -2.13. The minimum atomic E-state index is 0.476. The average Bonchev–Trinajstić information content (AvgIpc) is 2.05. The first-order valence-corrected chi connectivity index (χ1v) is 3.75. The van der Waals surface area contributed by atoms with Crippen LogP contribution in [-0.4, -0.2) is 25.4 Å². The lowest BCUT2D eigenvalue weighted by molar-refractivity contribution is 0.111. The Balaban J connectivity index is 3.16. The number of aldehydes is 1. The van der Waals surface area contributed by atoms with Crippen LogP contribution >= 0.6 is 0 Å². The van der Waals surface area contributed by atoms with E-state index in [1.165, 1.54) is 0 Å². The third-order valence-electron chi connectivity index (χ3n) is 1.64. The summed E-state index contributed by atoms with van der Waals surface area (Å²) in [6.07, 6.45) is 0.756. The van der Waals surface area contributed by atoms with Gasteiger partial charge in [-0.3, -0.25) is 4.79 Å². The molecule has 0 amide bonds. The van der Waals surface area contributed by atoms with Gasteiger partial charge in [-0.15, -0.1) is 0 Å². The molecule has 0 aromatic carbocycles. The number of nitrogens with zero attached hydrogens (tertiary/aromatic N) is 2. The second kappa shape index (κ2) is 3.34. The minimum absolute atomic E-state index is 0.476. The summed E-state index contributed by atoms with van der Waals surface area (Å²) in [4.78, 5) is 16.5. The van der Waals surface area contributed by atoms with Crippen LogP contribution < -0.4 is 4.90 Å². The molecule has 1 rings (SSSR count). The van der Waals surface area contributed by atoms with Crippen LogP contribution in [0.2, 0.25) is 0 Å². The van der Waals surface area contributed by atoms with Crippen molar-refractivity contribution in [2.45, 2.75) is 6.92 Å². The first-order chi connectivity index (χ1) is 5.65. The zero-order chi connectivity index (χ0) is 9.14. The molecule has 0 saturated carbocycles. The molecule has 64 valence electrons. The number of rotatable bonds is 2. The van der Waals surface area contributed by atoms with Crippen molar-refractivity contribution in [2.24, 2.45) is 0 Å². The Morgan fingerprint density at radius 1 is 1.42 bits per heavy atom. The van der Waals surface area contributed by atoms with Gasteiger partial charge >= 0.3 is 0 Å². The third-order valence-corrected chi connectivity index (χ3v) is 1.64. The van der Waals surface area contributed by atoms with Gasteiger partial charge in [-0.2, -0.15) is 0 Å². The van der Waals surface area contributed by atoms with E-state index >= 15 is 0 Å². The van der Waals surface area contributed by atoms with Crippen molar-refractivity contribution in [3.8, 4) is 0 Å². The van der Waals surface area contributed by atoms with Crippen LogP contribution in [0.25, 0.3) is 0 Å². The van der Waals surface area contributed by atoms with Crippen molar-refractivity contribution < 1.29 is 4.79 Å². The maximum Gasteiger partial charge on any atom is 0.168 e. The largest absolute Gasteiger partial charge is 0.363 e. The van der Waals surface area contributed by atoms with Crippen molar-refractivity contribution in [1.82, 2.24) is 4.98 Å². The molecule has 0 spiro atoms. The van der Waals surface area contributed by atoms with E-state index in [9.17, 15) is 4.79 Å². The fraction of sp³-hybridized carbons (Fsp3) is 0.333. The average molecular weight is 164 g/mol. The van der Waals surface area contributed by atoms with E-state index in [1.54, 1.807) is 6.07 Å². The van der Waals surface area contributed by atoms with Gasteiger partial charge in [0.2, 0.25) is 0 Å². The van der Waals surface area contributed by atoms with E-state index in [4.69, 9.17) is 0 Å². The molecular formula is C9H12N2O. The Bertz CT molecular complexity index is 295. The highest BCUT2D eigenvalue weighted by Crippen LogP contribution is 2.13. The zero-order valence-electron chi connectivity index (χ0n) is 7.53. The molecule has 0 aliphatic heterocycles. The summed E-state index contributed by atoms with van der Waals surface area (Å²) in [5.74, 6) is 0.847. The SMILES string of the molecule is Cc1ccc(C=O)nc1N(C)C. The molecule has 0 radical (unpaired) electrons. The number of pyridine rings is 1. The highest BCUT2D eigenvalue weighted by molar-refractivity contribution is 5.73. The summed E-state index contributed by atoms with van der Waals surface area (Å²) in [6.45, 7) is 1.97. The maximum absolute atomic E-state index is 10.4. The summed E-state index contributed by atoms with van der Waals surface area (Å²) in [5, 5.41) is 0. The minimum Gasteiger partial charge on any atom is -0.363 e. The number of carbonyl (C=O) groups is 1. The number of hydrogen-bond acceptors (Lipinski definition) is 3. The van der Waals surface area contributed by atoms with Gasteiger partial charge in [0.1, 0.15) is 11.5 Å². The summed E-state index contributed by atoms with van der Waals surface area (Å²) in [5.41, 5.74) is 1.55. The van der Waals surface area contributed by atoms with Crippen molar-refractivity contribution in [2.75, 3.05) is 19.0 Å². The lowest BCUT2D eigenvalue weighted by Gasteiger charge is -2.13. The Kier molecular flexibility index (Phi) is 2.43. The van der Waals surface area contributed by atoms with Crippen LogP contribution in [0.15, 0.2) is 12.1 Å². The molecule has 0 N–H and O–H groups in total. The molecule has 0 saturated heterocycles. The Labute approximate surface area is 72.0 Å². The second-order valence-electron chi connectivity index (χ2n) is 2.89. The van der Waals surface area contributed by atoms with Crippen LogP contribution in [-0.2, 0) is 0 Å². The van der Waals surface area contributed by atoms with Crippen molar-refractivity contribution in [3.05, 3.63) is 23.4 Å². The van der Waals surface area contributed by atoms with Crippen molar-refractivity contribution in [3.63, 3.8) is 0 Å². The molecule has 0 aliphatic rings. The Hall–Kier alpha value is -1.38. The molecule has 0 unspecified atom stereocenters. The van der Waals surface area contributed by atoms with Crippen molar-refractivity contribution >= 4 is 12.1 Å². The van der Waals surface area contributed by atoms with Crippen LogP contribution in [0.3, 0.4) is 0 Å². The van der Waals surface area contributed by atoms with E-state index in [2.05, 4.69) is 4.98 Å². The van der Waals surface area contributed by atoms with E-state index in [0.29, 0.717) is 5.69 Å². The van der Waals surface area contributed by atoms with Gasteiger partial charge in [0.25, 0.3) is 0 Å². The van der Waals surface area contributed by atoms with Crippen LogP contribution in [0.1, 0.15) is 16.1 Å². The molecule has 0 aliphatic carbocycles. The molecule has 12 heavy (non-hydrogen) atoms. The molecule has 0 fully saturated rings. The lowest BCUT2D eigenvalue weighted by atomic mass is 10.2. The highest BCUT2D eigenvalue weighted by atomic mass is 16.1. The molecule has 1 heterocycles. The third kappa shape index (κ3) is 1.61. The number of anilines is 1. The highest BCUT2D eigenvalue weighted by Gasteiger charge is 2.02. The molecule has 0 bridgehead atoms. The van der Waals surface area contributed by atoms with Crippen molar-refractivity contribution in [1.29, 1.82) is 0 Å². The summed E-state index contributed by atoms with van der Waals surface area (Å²) >= 11 is 0. The summed E-state index contributed by atoms with van der Waals surface area (Å²) in [7, 11) is 3.81. The van der Waals surface area contributed by atoms with E-state index in [1.807, 2.05) is 32.0 Å².